The Balaban J connectivity index is 1.12. The molecule has 0 amide bonds. The molecule has 37 heavy (non-hydrogen) atoms. The molecule has 6 nitrogen and oxygen atoms in total. The van der Waals surface area contributed by atoms with E-state index in [9.17, 15) is 4.79 Å². The average Bonchev–Trinajstić information content (AvgIpc) is 3.46. The highest BCUT2D eigenvalue weighted by atomic mass is 16.5. The van der Waals surface area contributed by atoms with Gasteiger partial charge in [-0.25, -0.2) is 0 Å². The second kappa shape index (κ2) is 10.7. The molecule has 2 aromatic carbocycles. The number of carboxylic acid groups (broad SMARTS) is 1. The quantitative estimate of drug-likeness (QED) is 0.418. The van der Waals surface area contributed by atoms with E-state index in [-0.39, 0.29) is 17.8 Å². The van der Waals surface area contributed by atoms with Crippen LogP contribution in [-0.2, 0) is 23.4 Å². The molecule has 3 aromatic rings. The Hall–Kier alpha value is -3.69. The van der Waals surface area contributed by atoms with E-state index in [0.29, 0.717) is 12.4 Å². The number of nitrogens with zero attached hydrogens (tertiary/aromatic N) is 2. The molecule has 3 heterocycles. The third kappa shape index (κ3) is 5.52. The molecule has 2 aliphatic rings. The van der Waals surface area contributed by atoms with E-state index >= 15 is 0 Å². The fourth-order valence-electron chi connectivity index (χ4n) is 5.80. The van der Waals surface area contributed by atoms with E-state index in [1.54, 1.807) is 6.92 Å². The number of rotatable bonds is 8. The number of likely N-dealkylation sites (N-methyl/N-ethyl adjacent to an activating group) is 1. The van der Waals surface area contributed by atoms with Gasteiger partial charge in [0.25, 0.3) is 0 Å². The van der Waals surface area contributed by atoms with Crippen molar-refractivity contribution in [3.05, 3.63) is 83.3 Å². The van der Waals surface area contributed by atoms with Gasteiger partial charge in [0.15, 0.2) is 0 Å². The smallest absolute Gasteiger partial charge is 0.304 e. The van der Waals surface area contributed by atoms with Crippen molar-refractivity contribution in [2.75, 3.05) is 31.6 Å². The monoisotopic (exact) mass is 498 g/mol. The number of likely N-dealkylation sites (tertiary alicyclic amines) is 1. The van der Waals surface area contributed by atoms with Crippen molar-refractivity contribution in [1.29, 1.82) is 0 Å². The van der Waals surface area contributed by atoms with Crippen LogP contribution in [0, 0.1) is 11.8 Å². The van der Waals surface area contributed by atoms with Crippen LogP contribution in [0.25, 0.3) is 0 Å². The van der Waals surface area contributed by atoms with Crippen LogP contribution in [0.5, 0.6) is 5.75 Å². The highest BCUT2D eigenvalue weighted by Crippen LogP contribution is 2.46. The number of fused-ring (bicyclic) bond motifs is 2. The lowest BCUT2D eigenvalue weighted by Gasteiger charge is -2.39. The molecule has 1 spiro atoms. The first-order valence-electron chi connectivity index (χ1n) is 12.9. The van der Waals surface area contributed by atoms with Gasteiger partial charge in [-0.15, -0.1) is 5.92 Å². The Morgan fingerprint density at radius 1 is 1.08 bits per heavy atom. The zero-order chi connectivity index (χ0) is 25.8. The SMILES string of the molecule is CC#CC(CC(=O)O)c1ccc(OCc2ccc(CN3CCC4(CC3)CN(C)c3ccccc34)o2)cc1. The van der Waals surface area contributed by atoms with E-state index in [1.165, 1.54) is 11.3 Å². The summed E-state index contributed by atoms with van der Waals surface area (Å²) in [5.41, 5.74) is 4.05. The zero-order valence-electron chi connectivity index (χ0n) is 21.6. The molecule has 1 aromatic heterocycles. The van der Waals surface area contributed by atoms with Gasteiger partial charge in [0.05, 0.1) is 18.9 Å². The van der Waals surface area contributed by atoms with Gasteiger partial charge in [0, 0.05) is 24.7 Å². The van der Waals surface area contributed by atoms with Gasteiger partial charge in [0.2, 0.25) is 0 Å². The number of furan rings is 1. The first kappa shape index (κ1) is 25.0. The Morgan fingerprint density at radius 3 is 2.54 bits per heavy atom. The Morgan fingerprint density at radius 2 is 1.81 bits per heavy atom. The first-order chi connectivity index (χ1) is 18.0. The van der Waals surface area contributed by atoms with Crippen LogP contribution in [-0.4, -0.2) is 42.7 Å². The van der Waals surface area contributed by atoms with Crippen molar-refractivity contribution in [3.8, 4) is 17.6 Å². The summed E-state index contributed by atoms with van der Waals surface area (Å²) in [5.74, 6) is 7.08. The van der Waals surface area contributed by atoms with Gasteiger partial charge >= 0.3 is 5.97 Å². The topological polar surface area (TPSA) is 66.2 Å². The van der Waals surface area contributed by atoms with E-state index in [2.05, 4.69) is 53.0 Å². The lowest BCUT2D eigenvalue weighted by atomic mass is 9.74. The highest BCUT2D eigenvalue weighted by Gasteiger charge is 2.43. The van der Waals surface area contributed by atoms with Crippen LogP contribution in [0.1, 0.15) is 54.8 Å². The number of ether oxygens (including phenoxy) is 1. The molecule has 1 N–H and O–H groups in total. The summed E-state index contributed by atoms with van der Waals surface area (Å²) in [5, 5.41) is 9.13. The maximum Gasteiger partial charge on any atom is 0.304 e. The minimum absolute atomic E-state index is 0.0153. The number of carboxylic acids is 1. The minimum atomic E-state index is -0.859. The number of piperidine rings is 1. The van der Waals surface area contributed by atoms with Gasteiger partial charge < -0.3 is 19.2 Å². The Labute approximate surface area is 218 Å². The van der Waals surface area contributed by atoms with Gasteiger partial charge in [-0.2, -0.15) is 0 Å². The molecule has 0 saturated carbocycles. The molecule has 1 unspecified atom stereocenters. The molecular weight excluding hydrogens is 464 g/mol. The Bertz CT molecular complexity index is 1290. The number of hydrogen-bond donors (Lipinski definition) is 1. The number of benzene rings is 2. The highest BCUT2D eigenvalue weighted by molar-refractivity contribution is 5.69. The lowest BCUT2D eigenvalue weighted by Crippen LogP contribution is -2.44. The van der Waals surface area contributed by atoms with E-state index < -0.39 is 5.97 Å². The van der Waals surface area contributed by atoms with Crippen molar-refractivity contribution in [2.45, 2.75) is 50.7 Å². The number of aliphatic carboxylic acids is 1. The average molecular weight is 499 g/mol. The van der Waals surface area contributed by atoms with Gasteiger partial charge in [-0.05, 0) is 74.3 Å². The summed E-state index contributed by atoms with van der Waals surface area (Å²) in [7, 11) is 2.21. The van der Waals surface area contributed by atoms with Crippen molar-refractivity contribution in [2.24, 2.45) is 0 Å². The van der Waals surface area contributed by atoms with Crippen LogP contribution >= 0.6 is 0 Å². The van der Waals surface area contributed by atoms with Crippen molar-refractivity contribution < 1.29 is 19.1 Å². The molecule has 1 fully saturated rings. The Kier molecular flexibility index (Phi) is 7.25. The van der Waals surface area contributed by atoms with Crippen molar-refractivity contribution in [3.63, 3.8) is 0 Å². The number of carbonyl (C=O) groups is 1. The van der Waals surface area contributed by atoms with Crippen molar-refractivity contribution in [1.82, 2.24) is 4.90 Å². The maximum atomic E-state index is 11.1. The molecule has 6 heteroatoms. The van der Waals surface area contributed by atoms with Gasteiger partial charge in [-0.3, -0.25) is 9.69 Å². The molecular formula is C31H34N2O4. The van der Waals surface area contributed by atoms with E-state index in [1.807, 2.05) is 36.4 Å². The van der Waals surface area contributed by atoms with E-state index in [4.69, 9.17) is 14.3 Å². The zero-order valence-corrected chi connectivity index (χ0v) is 21.6. The normalized spacial score (nSPS) is 17.2. The predicted molar refractivity (Wildman–Crippen MR) is 144 cm³/mol. The third-order valence-electron chi connectivity index (χ3n) is 7.70. The lowest BCUT2D eigenvalue weighted by molar-refractivity contribution is -0.137. The largest absolute Gasteiger partial charge is 0.486 e. The number of hydrogen-bond acceptors (Lipinski definition) is 5. The molecule has 192 valence electrons. The van der Waals surface area contributed by atoms with E-state index in [0.717, 1.165) is 56.1 Å². The number of anilines is 1. The van der Waals surface area contributed by atoms with Crippen LogP contribution in [0.4, 0.5) is 5.69 Å². The molecule has 0 radical (unpaired) electrons. The molecule has 0 bridgehead atoms. The summed E-state index contributed by atoms with van der Waals surface area (Å²) in [6, 6.07) is 20.4. The predicted octanol–water partition coefficient (Wildman–Crippen LogP) is 5.42. The van der Waals surface area contributed by atoms with Crippen LogP contribution in [0.2, 0.25) is 0 Å². The van der Waals surface area contributed by atoms with Crippen LogP contribution < -0.4 is 9.64 Å². The second-order valence-electron chi connectivity index (χ2n) is 10.2. The summed E-state index contributed by atoms with van der Waals surface area (Å²) in [4.78, 5) is 16.0. The fraction of sp³-hybridized carbons (Fsp3) is 0.387. The fourth-order valence-corrected chi connectivity index (χ4v) is 5.80. The minimum Gasteiger partial charge on any atom is -0.486 e. The van der Waals surface area contributed by atoms with Crippen LogP contribution in [0.15, 0.2) is 65.1 Å². The maximum absolute atomic E-state index is 11.1. The summed E-state index contributed by atoms with van der Waals surface area (Å²) in [6.45, 7) is 6.11. The van der Waals surface area contributed by atoms with Crippen LogP contribution in [0.3, 0.4) is 0 Å². The molecule has 1 saturated heterocycles. The molecule has 0 aliphatic carbocycles. The summed E-state index contributed by atoms with van der Waals surface area (Å²) < 4.78 is 12.0. The summed E-state index contributed by atoms with van der Waals surface area (Å²) in [6.07, 6.45) is 2.31. The third-order valence-corrected chi connectivity index (χ3v) is 7.70. The molecule has 1 atom stereocenters. The first-order valence-corrected chi connectivity index (χ1v) is 12.9. The number of para-hydroxylation sites is 1. The molecule has 5 rings (SSSR count). The molecule has 2 aliphatic heterocycles. The second-order valence-corrected chi connectivity index (χ2v) is 10.2. The standard InChI is InChI=1S/C31H34N2O4/c1-3-6-24(19-30(34)35)23-9-11-25(12-10-23)36-21-27-14-13-26(37-27)20-33-17-15-31(16-18-33)22-32(2)29-8-5-4-7-28(29)31/h4-5,7-14,24H,15-22H2,1-2H3,(H,34,35). The van der Waals surface area contributed by atoms with Crippen molar-refractivity contribution >= 4 is 11.7 Å². The van der Waals surface area contributed by atoms with Gasteiger partial charge in [0.1, 0.15) is 23.9 Å². The summed E-state index contributed by atoms with van der Waals surface area (Å²) >= 11 is 0. The van der Waals surface area contributed by atoms with Gasteiger partial charge in [-0.1, -0.05) is 36.3 Å².